The number of ether oxygens (including phenoxy) is 2. The first-order valence-corrected chi connectivity index (χ1v) is 7.83. The summed E-state index contributed by atoms with van der Waals surface area (Å²) in [6.07, 6.45) is 0. The van der Waals surface area contributed by atoms with Gasteiger partial charge in [-0.05, 0) is 19.1 Å². The highest BCUT2D eigenvalue weighted by Gasteiger charge is 2.25. The van der Waals surface area contributed by atoms with Gasteiger partial charge in [-0.3, -0.25) is 0 Å². The summed E-state index contributed by atoms with van der Waals surface area (Å²) in [4.78, 5) is 18.5. The summed E-state index contributed by atoms with van der Waals surface area (Å²) in [5.74, 6) is 0.134. The van der Waals surface area contributed by atoms with Crippen LogP contribution in [0.3, 0.4) is 0 Å². The van der Waals surface area contributed by atoms with Crippen LogP contribution in [-0.2, 0) is 4.74 Å². The number of morpholine rings is 1. The molecule has 0 bridgehead atoms. The van der Waals surface area contributed by atoms with Gasteiger partial charge in [0.2, 0.25) is 0 Å². The molecule has 0 aliphatic carbocycles. The van der Waals surface area contributed by atoms with Crippen LogP contribution in [0.25, 0.3) is 11.1 Å². The Morgan fingerprint density at radius 1 is 1.25 bits per heavy atom. The molecule has 0 radical (unpaired) electrons. The molecular weight excluding hydrogens is 308 g/mol. The predicted molar refractivity (Wildman–Crippen MR) is 91.0 cm³/mol. The maximum Gasteiger partial charge on any atom is 0.340 e. The van der Waals surface area contributed by atoms with E-state index in [0.717, 1.165) is 11.3 Å². The number of methoxy groups -OCH3 is 1. The number of carboxylic acids is 1. The second kappa shape index (κ2) is 6.88. The molecule has 126 valence electrons. The zero-order valence-electron chi connectivity index (χ0n) is 13.8. The van der Waals surface area contributed by atoms with Gasteiger partial charge in [-0.15, -0.1) is 0 Å². The van der Waals surface area contributed by atoms with Crippen molar-refractivity contribution in [2.75, 3.05) is 38.3 Å². The molecule has 6 heteroatoms. The van der Waals surface area contributed by atoms with Crippen LogP contribution >= 0.6 is 0 Å². The number of aromatic nitrogens is 1. The van der Waals surface area contributed by atoms with Crippen LogP contribution in [0.4, 0.5) is 5.82 Å². The van der Waals surface area contributed by atoms with Crippen LogP contribution in [0, 0.1) is 6.92 Å². The van der Waals surface area contributed by atoms with Gasteiger partial charge in [0.25, 0.3) is 0 Å². The van der Waals surface area contributed by atoms with Crippen molar-refractivity contribution in [3.05, 3.63) is 41.6 Å². The Balaban J connectivity index is 2.22. The molecule has 1 aromatic heterocycles. The van der Waals surface area contributed by atoms with Gasteiger partial charge in [0.15, 0.2) is 0 Å². The lowest BCUT2D eigenvalue weighted by atomic mass is 9.98. The average Bonchev–Trinajstić information content (AvgIpc) is 2.61. The van der Waals surface area contributed by atoms with Crippen molar-refractivity contribution in [3.63, 3.8) is 0 Å². The number of aromatic carboxylic acids is 1. The molecule has 1 N–H and O–H groups in total. The van der Waals surface area contributed by atoms with Gasteiger partial charge in [-0.1, -0.05) is 18.2 Å². The number of carbonyl (C=O) groups is 1. The predicted octanol–water partition coefficient (Wildman–Crippen LogP) is 2.60. The molecule has 0 unspecified atom stereocenters. The molecule has 1 aromatic carbocycles. The number of hydrogen-bond donors (Lipinski definition) is 1. The maximum atomic E-state index is 12.0. The summed E-state index contributed by atoms with van der Waals surface area (Å²) in [6.45, 7) is 4.26. The fraction of sp³-hybridized carbons (Fsp3) is 0.333. The van der Waals surface area contributed by atoms with Gasteiger partial charge >= 0.3 is 5.97 Å². The van der Waals surface area contributed by atoms with E-state index in [1.807, 2.05) is 36.1 Å². The van der Waals surface area contributed by atoms with Crippen LogP contribution < -0.4 is 9.64 Å². The molecule has 6 nitrogen and oxygen atoms in total. The third-order valence-corrected chi connectivity index (χ3v) is 4.05. The molecule has 0 amide bonds. The highest BCUT2D eigenvalue weighted by Crippen LogP contribution is 2.36. The Hall–Kier alpha value is -2.60. The molecule has 0 spiro atoms. The molecule has 0 saturated carbocycles. The van der Waals surface area contributed by atoms with Crippen molar-refractivity contribution >= 4 is 11.8 Å². The number of hydrogen-bond acceptors (Lipinski definition) is 5. The number of aryl methyl sites for hydroxylation is 1. The summed E-state index contributed by atoms with van der Waals surface area (Å²) in [6, 6.07) is 9.22. The third kappa shape index (κ3) is 3.05. The normalized spacial score (nSPS) is 14.5. The number of rotatable bonds is 4. The van der Waals surface area contributed by atoms with Crippen LogP contribution in [0.15, 0.2) is 30.3 Å². The number of pyridine rings is 1. The van der Waals surface area contributed by atoms with Gasteiger partial charge in [-0.2, -0.15) is 0 Å². The molecule has 3 rings (SSSR count). The first kappa shape index (κ1) is 16.3. The Bertz CT molecular complexity index is 755. The molecule has 1 saturated heterocycles. The first-order valence-electron chi connectivity index (χ1n) is 7.83. The maximum absolute atomic E-state index is 12.0. The van der Waals surface area contributed by atoms with E-state index in [2.05, 4.69) is 4.98 Å². The molecule has 1 aliphatic rings. The highest BCUT2D eigenvalue weighted by atomic mass is 16.5. The van der Waals surface area contributed by atoms with E-state index in [1.54, 1.807) is 13.2 Å². The Morgan fingerprint density at radius 3 is 2.62 bits per heavy atom. The van der Waals surface area contributed by atoms with Crippen LogP contribution in [0.5, 0.6) is 5.75 Å². The van der Waals surface area contributed by atoms with Gasteiger partial charge in [0.1, 0.15) is 17.1 Å². The minimum atomic E-state index is -0.995. The number of benzene rings is 1. The van der Waals surface area contributed by atoms with E-state index in [1.165, 1.54) is 0 Å². The smallest absolute Gasteiger partial charge is 0.340 e. The highest BCUT2D eigenvalue weighted by molar-refractivity contribution is 6.02. The summed E-state index contributed by atoms with van der Waals surface area (Å²) in [5.41, 5.74) is 2.33. The van der Waals surface area contributed by atoms with Crippen molar-refractivity contribution in [3.8, 4) is 16.9 Å². The Morgan fingerprint density at radius 2 is 1.96 bits per heavy atom. The fourth-order valence-electron chi connectivity index (χ4n) is 2.95. The summed E-state index contributed by atoms with van der Waals surface area (Å²) in [7, 11) is 1.58. The second-order valence-corrected chi connectivity index (χ2v) is 5.61. The van der Waals surface area contributed by atoms with Crippen LogP contribution in [0.2, 0.25) is 0 Å². The molecule has 2 heterocycles. The second-order valence-electron chi connectivity index (χ2n) is 5.61. The number of para-hydroxylation sites is 1. The SMILES string of the molecule is COc1ccccc1-c1cc(C)nc(N2CCOCC2)c1C(=O)O. The third-order valence-electron chi connectivity index (χ3n) is 4.05. The fourth-order valence-corrected chi connectivity index (χ4v) is 2.95. The summed E-state index contributed by atoms with van der Waals surface area (Å²) in [5, 5.41) is 9.85. The van der Waals surface area contributed by atoms with Crippen molar-refractivity contribution in [2.24, 2.45) is 0 Å². The minimum Gasteiger partial charge on any atom is -0.496 e. The Labute approximate surface area is 140 Å². The summed E-state index contributed by atoms with van der Waals surface area (Å²) < 4.78 is 10.8. The number of carboxylic acid groups (broad SMARTS) is 1. The minimum absolute atomic E-state index is 0.201. The quantitative estimate of drug-likeness (QED) is 0.930. The average molecular weight is 328 g/mol. The molecule has 0 atom stereocenters. The lowest BCUT2D eigenvalue weighted by Gasteiger charge is -2.30. The molecule has 24 heavy (non-hydrogen) atoms. The Kier molecular flexibility index (Phi) is 4.66. The first-order chi connectivity index (χ1) is 11.6. The van der Waals surface area contributed by atoms with E-state index in [-0.39, 0.29) is 5.56 Å². The van der Waals surface area contributed by atoms with Gasteiger partial charge < -0.3 is 19.5 Å². The molecule has 2 aromatic rings. The zero-order chi connectivity index (χ0) is 17.1. The molecule has 1 fully saturated rings. The molecule has 1 aliphatic heterocycles. The van der Waals surface area contributed by atoms with Crippen molar-refractivity contribution in [1.29, 1.82) is 0 Å². The van der Waals surface area contributed by atoms with E-state index >= 15 is 0 Å². The van der Waals surface area contributed by atoms with Crippen LogP contribution in [-0.4, -0.2) is 49.5 Å². The largest absolute Gasteiger partial charge is 0.496 e. The van der Waals surface area contributed by atoms with Gasteiger partial charge in [-0.25, -0.2) is 9.78 Å². The number of anilines is 1. The van der Waals surface area contributed by atoms with Gasteiger partial charge in [0, 0.05) is 29.9 Å². The van der Waals surface area contributed by atoms with Crippen molar-refractivity contribution in [2.45, 2.75) is 6.92 Å². The van der Waals surface area contributed by atoms with Gasteiger partial charge in [0.05, 0.1) is 20.3 Å². The topological polar surface area (TPSA) is 71.9 Å². The monoisotopic (exact) mass is 328 g/mol. The van der Waals surface area contributed by atoms with Crippen molar-refractivity contribution < 1.29 is 19.4 Å². The van der Waals surface area contributed by atoms with E-state index in [0.29, 0.717) is 43.4 Å². The lowest BCUT2D eigenvalue weighted by molar-refractivity contribution is 0.0696. The lowest BCUT2D eigenvalue weighted by Crippen LogP contribution is -2.38. The zero-order valence-corrected chi connectivity index (χ0v) is 13.8. The summed E-state index contributed by atoms with van der Waals surface area (Å²) >= 11 is 0. The van der Waals surface area contributed by atoms with E-state index < -0.39 is 5.97 Å². The number of nitrogens with zero attached hydrogens (tertiary/aromatic N) is 2. The van der Waals surface area contributed by atoms with E-state index in [4.69, 9.17) is 9.47 Å². The standard InChI is InChI=1S/C18H20N2O4/c1-12-11-14(13-5-3-4-6-15(13)23-2)16(18(21)22)17(19-12)20-7-9-24-10-8-20/h3-6,11H,7-10H2,1-2H3,(H,21,22). The molecular formula is C18H20N2O4. The van der Waals surface area contributed by atoms with Crippen molar-refractivity contribution in [1.82, 2.24) is 4.98 Å². The van der Waals surface area contributed by atoms with Crippen LogP contribution in [0.1, 0.15) is 16.1 Å². The van der Waals surface area contributed by atoms with E-state index in [9.17, 15) is 9.90 Å².